The van der Waals surface area contributed by atoms with Gasteiger partial charge in [-0.15, -0.1) is 0 Å². The quantitative estimate of drug-likeness (QED) is 0.446. The third-order valence-electron chi connectivity index (χ3n) is 5.44. The van der Waals surface area contributed by atoms with E-state index in [1.807, 2.05) is 24.3 Å². The Kier molecular flexibility index (Phi) is 7.61. The zero-order valence-electron chi connectivity index (χ0n) is 19.0. The van der Waals surface area contributed by atoms with Gasteiger partial charge in [0.15, 0.2) is 5.82 Å². The fraction of sp³-hybridized carbons (Fsp3) is 0.423. The van der Waals surface area contributed by atoms with Crippen LogP contribution in [-0.4, -0.2) is 25.8 Å². The SMILES string of the molecule is CC(C)CCc1nc(Cc2ccc(-c3ccccc3C(=O)O)cc2)n(CCC(C)C)n1. The number of carboxylic acids is 1. The second kappa shape index (κ2) is 10.4. The summed E-state index contributed by atoms with van der Waals surface area (Å²) < 4.78 is 2.07. The van der Waals surface area contributed by atoms with E-state index in [0.29, 0.717) is 23.8 Å². The van der Waals surface area contributed by atoms with E-state index in [1.54, 1.807) is 12.1 Å². The fourth-order valence-electron chi connectivity index (χ4n) is 3.55. The van der Waals surface area contributed by atoms with Crippen molar-refractivity contribution in [3.8, 4) is 11.1 Å². The monoisotopic (exact) mass is 419 g/mol. The molecule has 0 saturated heterocycles. The Balaban J connectivity index is 1.80. The number of carbonyl (C=O) groups is 1. The number of aromatic nitrogens is 3. The minimum absolute atomic E-state index is 0.318. The molecule has 5 heteroatoms. The lowest BCUT2D eigenvalue weighted by Crippen LogP contribution is -2.08. The molecule has 0 unspecified atom stereocenters. The zero-order chi connectivity index (χ0) is 22.4. The van der Waals surface area contributed by atoms with Crippen LogP contribution in [0.25, 0.3) is 11.1 Å². The maximum atomic E-state index is 11.5. The molecule has 164 valence electrons. The molecule has 0 aliphatic heterocycles. The number of nitrogens with zero attached hydrogens (tertiary/aromatic N) is 3. The van der Waals surface area contributed by atoms with Crippen LogP contribution in [-0.2, 0) is 19.4 Å². The van der Waals surface area contributed by atoms with Gasteiger partial charge >= 0.3 is 5.97 Å². The van der Waals surface area contributed by atoms with Crippen LogP contribution in [0.3, 0.4) is 0 Å². The van der Waals surface area contributed by atoms with E-state index in [1.165, 1.54) is 0 Å². The van der Waals surface area contributed by atoms with Crippen molar-refractivity contribution in [1.82, 2.24) is 14.8 Å². The average Bonchev–Trinajstić information content (AvgIpc) is 3.13. The molecule has 1 N–H and O–H groups in total. The average molecular weight is 420 g/mol. The minimum atomic E-state index is -0.910. The molecule has 0 fully saturated rings. The Morgan fingerprint density at radius 2 is 1.65 bits per heavy atom. The molecule has 0 radical (unpaired) electrons. The van der Waals surface area contributed by atoms with Gasteiger partial charge in [0, 0.05) is 19.4 Å². The van der Waals surface area contributed by atoms with Gasteiger partial charge in [0.2, 0.25) is 0 Å². The van der Waals surface area contributed by atoms with Crippen LogP contribution in [0.5, 0.6) is 0 Å². The molecule has 3 rings (SSSR count). The summed E-state index contributed by atoms with van der Waals surface area (Å²) in [4.78, 5) is 16.4. The minimum Gasteiger partial charge on any atom is -0.478 e. The first-order chi connectivity index (χ1) is 14.8. The Morgan fingerprint density at radius 1 is 0.968 bits per heavy atom. The van der Waals surface area contributed by atoms with E-state index in [9.17, 15) is 9.90 Å². The standard InChI is InChI=1S/C26H33N3O2/c1-18(2)9-14-24-27-25(29(28-24)16-15-19(3)4)17-20-10-12-21(13-11-20)22-7-5-6-8-23(22)26(30)31/h5-8,10-13,18-19H,9,14-17H2,1-4H3,(H,30,31). The van der Waals surface area contributed by atoms with Crippen molar-refractivity contribution in [2.45, 2.75) is 59.9 Å². The fourth-order valence-corrected chi connectivity index (χ4v) is 3.55. The van der Waals surface area contributed by atoms with E-state index in [2.05, 4.69) is 44.5 Å². The molecule has 1 heterocycles. The maximum absolute atomic E-state index is 11.5. The summed E-state index contributed by atoms with van der Waals surface area (Å²) in [5, 5.41) is 14.2. The summed E-state index contributed by atoms with van der Waals surface area (Å²) in [7, 11) is 0. The number of rotatable bonds is 10. The maximum Gasteiger partial charge on any atom is 0.336 e. The summed E-state index contributed by atoms with van der Waals surface area (Å²) in [5.74, 6) is 2.27. The largest absolute Gasteiger partial charge is 0.478 e. The number of aromatic carboxylic acids is 1. The molecule has 3 aromatic rings. The number of aryl methyl sites for hydroxylation is 2. The first-order valence-electron chi connectivity index (χ1n) is 11.2. The zero-order valence-corrected chi connectivity index (χ0v) is 19.0. The lowest BCUT2D eigenvalue weighted by molar-refractivity contribution is 0.0697. The lowest BCUT2D eigenvalue weighted by atomic mass is 9.98. The smallest absolute Gasteiger partial charge is 0.336 e. The van der Waals surface area contributed by atoms with E-state index in [0.717, 1.165) is 54.1 Å². The molecule has 0 atom stereocenters. The molecule has 0 aliphatic rings. The van der Waals surface area contributed by atoms with Crippen LogP contribution in [0.2, 0.25) is 0 Å². The molecule has 31 heavy (non-hydrogen) atoms. The second-order valence-corrected chi connectivity index (χ2v) is 9.01. The Labute approximate surface area is 185 Å². The van der Waals surface area contributed by atoms with Crippen LogP contribution < -0.4 is 0 Å². The van der Waals surface area contributed by atoms with Crippen molar-refractivity contribution in [1.29, 1.82) is 0 Å². The van der Waals surface area contributed by atoms with Gasteiger partial charge in [-0.05, 0) is 47.4 Å². The third-order valence-corrected chi connectivity index (χ3v) is 5.44. The molecular formula is C26H33N3O2. The van der Waals surface area contributed by atoms with Gasteiger partial charge in [0.25, 0.3) is 0 Å². The van der Waals surface area contributed by atoms with E-state index in [4.69, 9.17) is 10.1 Å². The normalized spacial score (nSPS) is 11.4. The molecule has 0 spiro atoms. The molecule has 0 amide bonds. The molecule has 5 nitrogen and oxygen atoms in total. The first kappa shape index (κ1) is 22.7. The van der Waals surface area contributed by atoms with E-state index < -0.39 is 5.97 Å². The van der Waals surface area contributed by atoms with Crippen molar-refractivity contribution in [3.05, 3.63) is 71.3 Å². The highest BCUT2D eigenvalue weighted by Gasteiger charge is 2.14. The Hall–Kier alpha value is -2.95. The summed E-state index contributed by atoms with van der Waals surface area (Å²) in [6.45, 7) is 9.78. The predicted molar refractivity (Wildman–Crippen MR) is 124 cm³/mol. The topological polar surface area (TPSA) is 68.0 Å². The molecular weight excluding hydrogens is 386 g/mol. The van der Waals surface area contributed by atoms with Crippen LogP contribution in [0.15, 0.2) is 48.5 Å². The lowest BCUT2D eigenvalue weighted by Gasteiger charge is -2.09. The van der Waals surface area contributed by atoms with Gasteiger partial charge in [-0.2, -0.15) is 5.10 Å². The number of carboxylic acid groups (broad SMARTS) is 1. The molecule has 2 aromatic carbocycles. The first-order valence-corrected chi connectivity index (χ1v) is 11.2. The van der Waals surface area contributed by atoms with Gasteiger partial charge in [-0.1, -0.05) is 70.2 Å². The summed E-state index contributed by atoms with van der Waals surface area (Å²) in [5.41, 5.74) is 3.10. The third kappa shape index (κ3) is 6.27. The molecule has 0 bridgehead atoms. The predicted octanol–water partition coefficient (Wildman–Crippen LogP) is 5.87. The van der Waals surface area contributed by atoms with E-state index >= 15 is 0 Å². The van der Waals surface area contributed by atoms with Gasteiger partial charge in [0.05, 0.1) is 5.56 Å². The van der Waals surface area contributed by atoms with Crippen LogP contribution in [0.1, 0.15) is 68.1 Å². The van der Waals surface area contributed by atoms with Crippen LogP contribution in [0, 0.1) is 11.8 Å². The van der Waals surface area contributed by atoms with Crippen molar-refractivity contribution >= 4 is 5.97 Å². The van der Waals surface area contributed by atoms with Crippen LogP contribution >= 0.6 is 0 Å². The highest BCUT2D eigenvalue weighted by Crippen LogP contribution is 2.25. The highest BCUT2D eigenvalue weighted by molar-refractivity contribution is 5.95. The van der Waals surface area contributed by atoms with E-state index in [-0.39, 0.29) is 0 Å². The van der Waals surface area contributed by atoms with Gasteiger partial charge in [-0.25, -0.2) is 14.5 Å². The number of hydrogen-bond acceptors (Lipinski definition) is 3. The summed E-state index contributed by atoms with van der Waals surface area (Å²) in [6, 6.07) is 15.2. The molecule has 0 aliphatic carbocycles. The summed E-state index contributed by atoms with van der Waals surface area (Å²) in [6.07, 6.45) is 3.79. The van der Waals surface area contributed by atoms with Gasteiger partial charge in [0.1, 0.15) is 5.82 Å². The highest BCUT2D eigenvalue weighted by atomic mass is 16.4. The number of hydrogen-bond donors (Lipinski definition) is 1. The molecule has 1 aromatic heterocycles. The number of benzene rings is 2. The van der Waals surface area contributed by atoms with Crippen molar-refractivity contribution in [2.75, 3.05) is 0 Å². The molecule has 0 saturated carbocycles. The van der Waals surface area contributed by atoms with Crippen molar-refractivity contribution < 1.29 is 9.90 Å². The van der Waals surface area contributed by atoms with Crippen LogP contribution in [0.4, 0.5) is 0 Å². The van der Waals surface area contributed by atoms with Crippen molar-refractivity contribution in [2.24, 2.45) is 11.8 Å². The van der Waals surface area contributed by atoms with Crippen molar-refractivity contribution in [3.63, 3.8) is 0 Å². The Bertz CT molecular complexity index is 1000. The summed E-state index contributed by atoms with van der Waals surface area (Å²) >= 11 is 0. The second-order valence-electron chi connectivity index (χ2n) is 9.01. The Morgan fingerprint density at radius 3 is 2.29 bits per heavy atom. The van der Waals surface area contributed by atoms with Gasteiger partial charge in [-0.3, -0.25) is 0 Å². The van der Waals surface area contributed by atoms with Gasteiger partial charge < -0.3 is 5.11 Å².